The van der Waals surface area contributed by atoms with E-state index in [1.165, 1.54) is 44.9 Å². The monoisotopic (exact) mass is 266 g/mol. The van der Waals surface area contributed by atoms with E-state index in [2.05, 4.69) is 43.8 Å². The quantitative estimate of drug-likeness (QED) is 0.607. The van der Waals surface area contributed by atoms with Gasteiger partial charge >= 0.3 is 0 Å². The van der Waals surface area contributed by atoms with Crippen molar-refractivity contribution in [3.05, 3.63) is 48.0 Å². The molecule has 2 saturated carbocycles. The maximum absolute atomic E-state index is 4.30. The normalized spacial score (nSPS) is 42.5. The molecule has 0 aromatic heterocycles. The first kappa shape index (κ1) is 12.7. The third kappa shape index (κ3) is 1.48. The molecule has 0 saturated heterocycles. The maximum atomic E-state index is 4.30. The molecule has 4 rings (SSSR count). The van der Waals surface area contributed by atoms with Crippen LogP contribution < -0.4 is 0 Å². The molecule has 0 radical (unpaired) electrons. The summed E-state index contributed by atoms with van der Waals surface area (Å²) < 4.78 is 0. The van der Waals surface area contributed by atoms with Gasteiger partial charge in [-0.15, -0.1) is 6.58 Å². The van der Waals surface area contributed by atoms with Crippen molar-refractivity contribution >= 4 is 0 Å². The second-order valence-electron chi connectivity index (χ2n) is 7.70. The molecule has 1 aromatic carbocycles. The van der Waals surface area contributed by atoms with Gasteiger partial charge in [-0.1, -0.05) is 43.7 Å². The van der Waals surface area contributed by atoms with Crippen molar-refractivity contribution in [3.8, 4) is 0 Å². The molecule has 20 heavy (non-hydrogen) atoms. The van der Waals surface area contributed by atoms with Gasteiger partial charge in [0, 0.05) is 5.41 Å². The van der Waals surface area contributed by atoms with Gasteiger partial charge in [0.25, 0.3) is 0 Å². The molecule has 2 fully saturated rings. The molecule has 0 heteroatoms. The summed E-state index contributed by atoms with van der Waals surface area (Å²) >= 11 is 0. The lowest BCUT2D eigenvalue weighted by atomic mass is 9.49. The Hall–Kier alpha value is -1.04. The average Bonchev–Trinajstić information content (AvgIpc) is 2.88. The van der Waals surface area contributed by atoms with Gasteiger partial charge in [0.1, 0.15) is 0 Å². The average molecular weight is 266 g/mol. The molecule has 0 N–H and O–H groups in total. The molecule has 0 bridgehead atoms. The third-order valence-electron chi connectivity index (χ3n) is 7.02. The highest BCUT2D eigenvalue weighted by Crippen LogP contribution is 2.63. The summed E-state index contributed by atoms with van der Waals surface area (Å²) in [5.41, 5.74) is 4.11. The van der Waals surface area contributed by atoms with Crippen LogP contribution in [0.1, 0.15) is 56.6 Å². The number of aryl methyl sites for hydroxylation is 1. The van der Waals surface area contributed by atoms with Gasteiger partial charge in [0.2, 0.25) is 0 Å². The summed E-state index contributed by atoms with van der Waals surface area (Å²) in [6.07, 6.45) is 12.1. The summed E-state index contributed by atoms with van der Waals surface area (Å²) in [6.45, 7) is 6.86. The lowest BCUT2D eigenvalue weighted by molar-refractivity contribution is 0.0278. The molecule has 4 atom stereocenters. The van der Waals surface area contributed by atoms with Crippen LogP contribution in [-0.2, 0) is 11.8 Å². The van der Waals surface area contributed by atoms with Gasteiger partial charge in [0.15, 0.2) is 0 Å². The molecule has 0 unspecified atom stereocenters. The number of fused-ring (bicyclic) bond motifs is 5. The highest BCUT2D eigenvalue weighted by molar-refractivity contribution is 5.42. The molecule has 3 aliphatic carbocycles. The van der Waals surface area contributed by atoms with Crippen LogP contribution in [0.3, 0.4) is 0 Å². The minimum absolute atomic E-state index is 0.281. The molecule has 0 heterocycles. The zero-order valence-corrected chi connectivity index (χ0v) is 12.7. The van der Waals surface area contributed by atoms with Crippen molar-refractivity contribution < 1.29 is 0 Å². The van der Waals surface area contributed by atoms with E-state index in [-0.39, 0.29) is 5.41 Å². The largest absolute Gasteiger partial charge is 0.102 e. The zero-order valence-electron chi connectivity index (χ0n) is 12.7. The number of rotatable bonds is 1. The standard InChI is InChI=1S/C20H26/c1-3-20-14-13-19(2)12-6-9-17(19)18(20)11-10-15-7-4-5-8-16(15)20/h3-5,7-8,17-18H,1,6,9-14H2,2H3/t17-,18-,19-,20+/m0/s1. The van der Waals surface area contributed by atoms with Crippen molar-refractivity contribution in [2.45, 2.75) is 57.3 Å². The first-order valence-electron chi connectivity index (χ1n) is 8.42. The fourth-order valence-electron chi connectivity index (χ4n) is 5.95. The second kappa shape index (κ2) is 4.23. The van der Waals surface area contributed by atoms with E-state index in [1.807, 2.05) is 0 Å². The maximum Gasteiger partial charge on any atom is 0.0163 e. The molecule has 106 valence electrons. The number of allylic oxidation sites excluding steroid dienone is 1. The van der Waals surface area contributed by atoms with E-state index in [4.69, 9.17) is 0 Å². The number of hydrogen-bond acceptors (Lipinski definition) is 0. The molecule has 3 aliphatic rings. The minimum Gasteiger partial charge on any atom is -0.102 e. The molecule has 0 spiro atoms. The van der Waals surface area contributed by atoms with Gasteiger partial charge < -0.3 is 0 Å². The Labute approximate surface area is 123 Å². The van der Waals surface area contributed by atoms with E-state index in [1.54, 1.807) is 11.1 Å². The highest BCUT2D eigenvalue weighted by atomic mass is 14.6. The third-order valence-corrected chi connectivity index (χ3v) is 7.02. The number of benzene rings is 1. The van der Waals surface area contributed by atoms with Gasteiger partial charge in [-0.3, -0.25) is 0 Å². The van der Waals surface area contributed by atoms with Crippen LogP contribution in [0.2, 0.25) is 0 Å². The summed E-state index contributed by atoms with van der Waals surface area (Å²) in [7, 11) is 0. The summed E-state index contributed by atoms with van der Waals surface area (Å²) in [5, 5.41) is 0. The van der Waals surface area contributed by atoms with Crippen molar-refractivity contribution in [1.29, 1.82) is 0 Å². The highest BCUT2D eigenvalue weighted by Gasteiger charge is 2.55. The van der Waals surface area contributed by atoms with Crippen molar-refractivity contribution in [3.63, 3.8) is 0 Å². The first-order valence-corrected chi connectivity index (χ1v) is 8.42. The molecule has 0 nitrogen and oxygen atoms in total. The molecular formula is C20H26. The predicted octanol–water partition coefficient (Wildman–Crippen LogP) is 5.27. The lowest BCUT2D eigenvalue weighted by Crippen LogP contribution is -2.49. The zero-order chi connectivity index (χ0) is 13.8. The Morgan fingerprint density at radius 1 is 1.10 bits per heavy atom. The summed E-state index contributed by atoms with van der Waals surface area (Å²) in [5.74, 6) is 1.78. The van der Waals surface area contributed by atoms with Crippen molar-refractivity contribution in [2.75, 3.05) is 0 Å². The van der Waals surface area contributed by atoms with Crippen LogP contribution in [0, 0.1) is 17.3 Å². The summed E-state index contributed by atoms with van der Waals surface area (Å²) in [4.78, 5) is 0. The van der Waals surface area contributed by atoms with Gasteiger partial charge in [0.05, 0.1) is 0 Å². The molecule has 0 aliphatic heterocycles. The van der Waals surface area contributed by atoms with E-state index >= 15 is 0 Å². The van der Waals surface area contributed by atoms with E-state index in [0.29, 0.717) is 5.41 Å². The molecule has 0 amide bonds. The topological polar surface area (TPSA) is 0 Å². The Morgan fingerprint density at radius 3 is 2.80 bits per heavy atom. The van der Waals surface area contributed by atoms with Crippen LogP contribution in [0.4, 0.5) is 0 Å². The fourth-order valence-corrected chi connectivity index (χ4v) is 5.95. The van der Waals surface area contributed by atoms with E-state index in [0.717, 1.165) is 11.8 Å². The smallest absolute Gasteiger partial charge is 0.0163 e. The fraction of sp³-hybridized carbons (Fsp3) is 0.600. The Morgan fingerprint density at radius 2 is 1.95 bits per heavy atom. The van der Waals surface area contributed by atoms with Crippen LogP contribution in [0.25, 0.3) is 0 Å². The second-order valence-corrected chi connectivity index (χ2v) is 7.70. The summed E-state index contributed by atoms with van der Waals surface area (Å²) in [6, 6.07) is 9.17. The van der Waals surface area contributed by atoms with Gasteiger partial charge in [-0.25, -0.2) is 0 Å². The Kier molecular flexibility index (Phi) is 2.68. The van der Waals surface area contributed by atoms with Crippen molar-refractivity contribution in [1.82, 2.24) is 0 Å². The Balaban J connectivity index is 1.85. The van der Waals surface area contributed by atoms with Crippen LogP contribution >= 0.6 is 0 Å². The predicted molar refractivity (Wildman–Crippen MR) is 84.8 cm³/mol. The number of hydrogen-bond donors (Lipinski definition) is 0. The van der Waals surface area contributed by atoms with E-state index in [9.17, 15) is 0 Å². The molecular weight excluding hydrogens is 240 g/mol. The van der Waals surface area contributed by atoms with Crippen LogP contribution in [0.5, 0.6) is 0 Å². The van der Waals surface area contributed by atoms with Crippen LogP contribution in [-0.4, -0.2) is 0 Å². The molecule has 1 aromatic rings. The lowest BCUT2D eigenvalue weighted by Gasteiger charge is -2.55. The van der Waals surface area contributed by atoms with Gasteiger partial charge in [-0.05, 0) is 66.9 Å². The first-order chi connectivity index (χ1) is 9.70. The van der Waals surface area contributed by atoms with E-state index < -0.39 is 0 Å². The Bertz CT molecular complexity index is 543. The van der Waals surface area contributed by atoms with Crippen molar-refractivity contribution in [2.24, 2.45) is 17.3 Å². The SMILES string of the molecule is C=C[C@]12CC[C@]3(C)CCC[C@H]3[C@@H]1CCc1ccccc12. The van der Waals surface area contributed by atoms with Crippen LogP contribution in [0.15, 0.2) is 36.9 Å². The minimum atomic E-state index is 0.281. The van der Waals surface area contributed by atoms with Gasteiger partial charge in [-0.2, -0.15) is 0 Å².